The summed E-state index contributed by atoms with van der Waals surface area (Å²) in [6.45, 7) is 0. The Kier molecular flexibility index (Phi) is 4.78. The average Bonchev–Trinajstić information content (AvgIpc) is 2.54. The van der Waals surface area contributed by atoms with Crippen LogP contribution in [0.3, 0.4) is 0 Å². The minimum absolute atomic E-state index is 0.118. The van der Waals surface area contributed by atoms with E-state index in [-0.39, 0.29) is 17.1 Å². The molecule has 0 bridgehead atoms. The Morgan fingerprint density at radius 1 is 1.00 bits per heavy atom. The Balaban J connectivity index is 2.04. The summed E-state index contributed by atoms with van der Waals surface area (Å²) in [7, 11) is -3.27. The molecule has 26 heavy (non-hydrogen) atoms. The van der Waals surface area contributed by atoms with E-state index in [0.29, 0.717) is 17.4 Å². The van der Waals surface area contributed by atoms with Gasteiger partial charge in [-0.25, -0.2) is 12.8 Å². The molecule has 3 aromatic carbocycles. The largest absolute Gasteiger partial charge is 0.481 e. The fourth-order valence-electron chi connectivity index (χ4n) is 2.97. The topological polar surface area (TPSA) is 71.4 Å². The summed E-state index contributed by atoms with van der Waals surface area (Å²) in [4.78, 5) is 11.3. The summed E-state index contributed by atoms with van der Waals surface area (Å²) < 4.78 is 36.8. The number of aliphatic carboxylic acids is 1. The molecule has 0 heterocycles. The minimum Gasteiger partial charge on any atom is -0.481 e. The van der Waals surface area contributed by atoms with Crippen molar-refractivity contribution in [3.8, 4) is 0 Å². The monoisotopic (exact) mass is 372 g/mol. The molecule has 0 fully saturated rings. The smallest absolute Gasteiger partial charge is 0.307 e. The fraction of sp³-hybridized carbons (Fsp3) is 0.150. The summed E-state index contributed by atoms with van der Waals surface area (Å²) in [6, 6.07) is 14.4. The van der Waals surface area contributed by atoms with Crippen molar-refractivity contribution in [3.05, 3.63) is 77.1 Å². The van der Waals surface area contributed by atoms with Gasteiger partial charge in [-0.05, 0) is 58.1 Å². The number of sulfone groups is 1. The van der Waals surface area contributed by atoms with E-state index in [2.05, 4.69) is 0 Å². The van der Waals surface area contributed by atoms with Crippen molar-refractivity contribution in [2.24, 2.45) is 0 Å². The van der Waals surface area contributed by atoms with Gasteiger partial charge in [-0.15, -0.1) is 0 Å². The van der Waals surface area contributed by atoms with E-state index in [1.54, 1.807) is 30.3 Å². The quantitative estimate of drug-likeness (QED) is 0.743. The van der Waals surface area contributed by atoms with Gasteiger partial charge in [0.25, 0.3) is 0 Å². The van der Waals surface area contributed by atoms with Gasteiger partial charge < -0.3 is 5.11 Å². The van der Waals surface area contributed by atoms with E-state index in [0.717, 1.165) is 22.8 Å². The highest BCUT2D eigenvalue weighted by Gasteiger charge is 2.11. The number of carboxylic acid groups (broad SMARTS) is 1. The molecule has 3 aromatic rings. The number of carbonyl (C=O) groups is 1. The molecule has 0 radical (unpaired) electrons. The molecule has 0 aliphatic heterocycles. The van der Waals surface area contributed by atoms with Crippen LogP contribution in [0.1, 0.15) is 16.7 Å². The first-order valence-electron chi connectivity index (χ1n) is 7.94. The summed E-state index contributed by atoms with van der Waals surface area (Å²) in [5, 5.41) is 10.5. The van der Waals surface area contributed by atoms with Crippen molar-refractivity contribution in [2.45, 2.75) is 17.7 Å². The highest BCUT2D eigenvalue weighted by Crippen LogP contribution is 2.25. The van der Waals surface area contributed by atoms with Crippen LogP contribution in [0.25, 0.3) is 10.8 Å². The first kappa shape index (κ1) is 18.1. The van der Waals surface area contributed by atoms with E-state index in [9.17, 15) is 17.6 Å². The van der Waals surface area contributed by atoms with Crippen LogP contribution in [0.5, 0.6) is 0 Å². The van der Waals surface area contributed by atoms with Gasteiger partial charge in [-0.3, -0.25) is 4.79 Å². The summed E-state index contributed by atoms with van der Waals surface area (Å²) >= 11 is 0. The fourth-order valence-corrected chi connectivity index (χ4v) is 3.60. The van der Waals surface area contributed by atoms with Gasteiger partial charge in [-0.2, -0.15) is 0 Å². The lowest BCUT2D eigenvalue weighted by Gasteiger charge is -2.11. The molecule has 0 amide bonds. The molecular weight excluding hydrogens is 355 g/mol. The van der Waals surface area contributed by atoms with Crippen molar-refractivity contribution < 1.29 is 22.7 Å². The molecular formula is C20H17FO4S. The Morgan fingerprint density at radius 2 is 1.69 bits per heavy atom. The van der Waals surface area contributed by atoms with Crippen molar-refractivity contribution in [1.82, 2.24) is 0 Å². The molecule has 0 atom stereocenters. The molecule has 6 heteroatoms. The Morgan fingerprint density at radius 3 is 2.31 bits per heavy atom. The minimum atomic E-state index is -3.27. The van der Waals surface area contributed by atoms with E-state index in [4.69, 9.17) is 5.11 Å². The average molecular weight is 372 g/mol. The molecule has 3 rings (SSSR count). The maximum Gasteiger partial charge on any atom is 0.307 e. The van der Waals surface area contributed by atoms with E-state index in [1.165, 1.54) is 24.3 Å². The molecule has 134 valence electrons. The maximum absolute atomic E-state index is 13.7. The van der Waals surface area contributed by atoms with Crippen LogP contribution in [-0.4, -0.2) is 25.7 Å². The highest BCUT2D eigenvalue weighted by molar-refractivity contribution is 7.90. The Bertz CT molecular complexity index is 1090. The summed E-state index contributed by atoms with van der Waals surface area (Å²) in [5.41, 5.74) is 2.29. The molecule has 0 aliphatic rings. The standard InChI is InChI=1S/C20H17FO4S/c1-26(24,25)18-6-2-13(3-7-18)8-16-10-14(11-20(22)23)9-15-4-5-17(21)12-19(15)16/h2-7,9-10,12H,8,11H2,1H3,(H,22,23). The number of halogens is 1. The van der Waals surface area contributed by atoms with Crippen LogP contribution in [0.15, 0.2) is 59.5 Å². The molecule has 0 saturated heterocycles. The van der Waals surface area contributed by atoms with Crippen molar-refractivity contribution in [2.75, 3.05) is 6.26 Å². The van der Waals surface area contributed by atoms with Gasteiger partial charge in [0.1, 0.15) is 5.82 Å². The number of hydrogen-bond donors (Lipinski definition) is 1. The maximum atomic E-state index is 13.7. The SMILES string of the molecule is CS(=O)(=O)c1ccc(Cc2cc(CC(=O)O)cc3ccc(F)cc23)cc1. The number of fused-ring (bicyclic) bond motifs is 1. The zero-order chi connectivity index (χ0) is 18.9. The lowest BCUT2D eigenvalue weighted by atomic mass is 9.95. The zero-order valence-corrected chi connectivity index (χ0v) is 14.9. The third-order valence-corrected chi connectivity index (χ3v) is 5.29. The first-order valence-corrected chi connectivity index (χ1v) is 9.83. The zero-order valence-electron chi connectivity index (χ0n) is 14.1. The highest BCUT2D eigenvalue weighted by atomic mass is 32.2. The van der Waals surface area contributed by atoms with Crippen LogP contribution < -0.4 is 0 Å². The van der Waals surface area contributed by atoms with E-state index >= 15 is 0 Å². The predicted molar refractivity (Wildman–Crippen MR) is 97.6 cm³/mol. The summed E-state index contributed by atoms with van der Waals surface area (Å²) in [5.74, 6) is -1.30. The van der Waals surface area contributed by atoms with Gasteiger partial charge in [0.05, 0.1) is 11.3 Å². The third-order valence-electron chi connectivity index (χ3n) is 4.16. The second kappa shape index (κ2) is 6.88. The van der Waals surface area contributed by atoms with Crippen LogP contribution in [-0.2, 0) is 27.5 Å². The second-order valence-corrected chi connectivity index (χ2v) is 8.30. The molecule has 1 N–H and O–H groups in total. The number of rotatable bonds is 5. The van der Waals surface area contributed by atoms with Gasteiger partial charge in [-0.1, -0.05) is 30.3 Å². The van der Waals surface area contributed by atoms with Crippen molar-refractivity contribution in [1.29, 1.82) is 0 Å². The number of carboxylic acids is 1. The number of benzene rings is 3. The lowest BCUT2D eigenvalue weighted by Crippen LogP contribution is -2.02. The van der Waals surface area contributed by atoms with Gasteiger partial charge >= 0.3 is 5.97 Å². The van der Waals surface area contributed by atoms with Crippen LogP contribution in [0.4, 0.5) is 4.39 Å². The third kappa shape index (κ3) is 4.08. The van der Waals surface area contributed by atoms with Gasteiger partial charge in [0.2, 0.25) is 0 Å². The predicted octanol–water partition coefficient (Wildman–Crippen LogP) is 3.60. The molecule has 0 unspecified atom stereocenters. The van der Waals surface area contributed by atoms with E-state index in [1.807, 2.05) is 0 Å². The second-order valence-electron chi connectivity index (χ2n) is 6.28. The van der Waals surface area contributed by atoms with Crippen molar-refractivity contribution in [3.63, 3.8) is 0 Å². The molecule has 4 nitrogen and oxygen atoms in total. The van der Waals surface area contributed by atoms with Crippen LogP contribution in [0.2, 0.25) is 0 Å². The molecule has 0 aromatic heterocycles. The van der Waals surface area contributed by atoms with Crippen LogP contribution in [0, 0.1) is 5.82 Å². The lowest BCUT2D eigenvalue weighted by molar-refractivity contribution is -0.136. The van der Waals surface area contributed by atoms with Gasteiger partial charge in [0, 0.05) is 6.26 Å². The van der Waals surface area contributed by atoms with Crippen molar-refractivity contribution >= 4 is 26.6 Å². The normalized spacial score (nSPS) is 11.6. The molecule has 0 saturated carbocycles. The Hall–Kier alpha value is -2.73. The van der Waals surface area contributed by atoms with Gasteiger partial charge in [0.15, 0.2) is 9.84 Å². The Labute approximate surface area is 150 Å². The summed E-state index contributed by atoms with van der Waals surface area (Å²) in [6.07, 6.45) is 1.47. The van der Waals surface area contributed by atoms with Crippen LogP contribution >= 0.6 is 0 Å². The molecule has 0 spiro atoms. The van der Waals surface area contributed by atoms with E-state index < -0.39 is 15.8 Å². The first-order chi connectivity index (χ1) is 12.2. The molecule has 0 aliphatic carbocycles. The number of hydrogen-bond acceptors (Lipinski definition) is 3.